The summed E-state index contributed by atoms with van der Waals surface area (Å²) < 4.78 is 26.9. The summed E-state index contributed by atoms with van der Waals surface area (Å²) >= 11 is 0. The quantitative estimate of drug-likeness (QED) is 0.155. The van der Waals surface area contributed by atoms with Crippen LogP contribution >= 0.6 is 0 Å². The largest absolute Gasteiger partial charge is 0.394 e. The van der Waals surface area contributed by atoms with Crippen LogP contribution in [-0.2, 0) is 23.7 Å². The fourth-order valence-corrected chi connectivity index (χ4v) is 4.27. The van der Waals surface area contributed by atoms with Crippen LogP contribution in [0.1, 0.15) is 6.92 Å². The third kappa shape index (κ3) is 5.39. The van der Waals surface area contributed by atoms with Gasteiger partial charge in [-0.2, -0.15) is 0 Å². The van der Waals surface area contributed by atoms with E-state index in [1.807, 2.05) is 0 Å². The van der Waals surface area contributed by atoms with Crippen molar-refractivity contribution in [2.75, 3.05) is 19.8 Å². The molecule has 0 aliphatic carbocycles. The Morgan fingerprint density at radius 1 is 0.529 bits per heavy atom. The Hall–Kier alpha value is -0.600. The second-order valence-corrected chi connectivity index (χ2v) is 8.70. The summed E-state index contributed by atoms with van der Waals surface area (Å²) in [6, 6.07) is 0. The molecule has 0 aromatic rings. The Labute approximate surface area is 194 Å². The van der Waals surface area contributed by atoms with Crippen LogP contribution in [0.15, 0.2) is 0 Å². The Bertz CT molecular complexity index is 635. The van der Waals surface area contributed by atoms with Crippen molar-refractivity contribution >= 4 is 0 Å². The van der Waals surface area contributed by atoms with E-state index in [2.05, 4.69) is 0 Å². The first-order valence-electron chi connectivity index (χ1n) is 10.9. The molecule has 15 heteroatoms. The van der Waals surface area contributed by atoms with Gasteiger partial charge in [0.25, 0.3) is 0 Å². The smallest absolute Gasteiger partial charge is 0.187 e. The fraction of sp³-hybridized carbons (Fsp3) is 1.00. The number of aliphatic hydroxyl groups is 10. The van der Waals surface area contributed by atoms with E-state index in [1.165, 1.54) is 0 Å². The van der Waals surface area contributed by atoms with Gasteiger partial charge in [-0.1, -0.05) is 6.92 Å². The van der Waals surface area contributed by atoms with Gasteiger partial charge in [0, 0.05) is 5.92 Å². The maximum atomic E-state index is 10.7. The molecule has 15 atom stereocenters. The van der Waals surface area contributed by atoms with Crippen molar-refractivity contribution in [2.24, 2.45) is 5.92 Å². The molecule has 3 aliphatic heterocycles. The maximum Gasteiger partial charge on any atom is 0.187 e. The van der Waals surface area contributed by atoms with Crippen LogP contribution in [0.25, 0.3) is 0 Å². The molecule has 0 aromatic carbocycles. The summed E-state index contributed by atoms with van der Waals surface area (Å²) in [4.78, 5) is 0. The van der Waals surface area contributed by atoms with Gasteiger partial charge in [0.15, 0.2) is 18.9 Å². The van der Waals surface area contributed by atoms with Gasteiger partial charge in [-0.25, -0.2) is 0 Å². The van der Waals surface area contributed by atoms with Crippen molar-refractivity contribution in [3.05, 3.63) is 0 Å². The van der Waals surface area contributed by atoms with Crippen LogP contribution in [0.4, 0.5) is 0 Å². The molecule has 200 valence electrons. The molecule has 3 rings (SSSR count). The van der Waals surface area contributed by atoms with E-state index in [4.69, 9.17) is 23.7 Å². The van der Waals surface area contributed by atoms with Crippen LogP contribution in [0.5, 0.6) is 0 Å². The summed E-state index contributed by atoms with van der Waals surface area (Å²) in [5.41, 5.74) is 0. The van der Waals surface area contributed by atoms with Crippen molar-refractivity contribution in [3.63, 3.8) is 0 Å². The number of ether oxygens (including phenoxy) is 5. The highest BCUT2D eigenvalue weighted by atomic mass is 16.7. The maximum absolute atomic E-state index is 10.7. The molecule has 3 fully saturated rings. The first-order chi connectivity index (χ1) is 16.0. The highest BCUT2D eigenvalue weighted by molar-refractivity contribution is 4.95. The zero-order chi connectivity index (χ0) is 25.3. The highest BCUT2D eigenvalue weighted by Crippen LogP contribution is 2.33. The first kappa shape index (κ1) is 28.0. The van der Waals surface area contributed by atoms with Crippen LogP contribution in [-0.4, -0.2) is 157 Å². The van der Waals surface area contributed by atoms with E-state index in [9.17, 15) is 51.1 Å². The van der Waals surface area contributed by atoms with E-state index in [0.29, 0.717) is 0 Å². The lowest BCUT2D eigenvalue weighted by molar-refractivity contribution is -0.376. The van der Waals surface area contributed by atoms with E-state index in [1.54, 1.807) is 6.92 Å². The molecular weight excluding hydrogens is 468 g/mol. The summed E-state index contributed by atoms with van der Waals surface area (Å²) in [7, 11) is 0. The molecule has 0 aromatic heterocycles. The SMILES string of the molecule is C[C@@H]1C(O)[C@H](O)[C@H](O[C@@H]2[C@H](O)[C@H](O)[C@H](O[C@@H]3[C@H](O)[C@H](O)[C@H](O)O[C@@H]3CO)O[C@@H]2CO)O[C@@H]1CO. The average Bonchev–Trinajstić information content (AvgIpc) is 2.83. The summed E-state index contributed by atoms with van der Waals surface area (Å²) in [5, 5.41) is 100. The standard InChI is InChI=1S/C19H34O15/c1-5-6(2-20)31-18(13(27)9(5)23)34-16-8(4-22)32-19(14(28)11(16)25)33-15-7(3-21)30-17(29)12(26)10(15)24/h5-29H,2-4H2,1H3/t5-,6+,7+,8+,9?,10+,11+,12-,13-,14-,15-,16-,17+,18-,19-/m0/s1. The van der Waals surface area contributed by atoms with E-state index >= 15 is 0 Å². The molecule has 0 spiro atoms. The lowest BCUT2D eigenvalue weighted by atomic mass is 9.91. The molecule has 3 saturated heterocycles. The van der Waals surface area contributed by atoms with Crippen LogP contribution in [0.2, 0.25) is 0 Å². The molecule has 1 unspecified atom stereocenters. The molecule has 0 amide bonds. The summed E-state index contributed by atoms with van der Waals surface area (Å²) in [6.45, 7) is -0.455. The zero-order valence-corrected chi connectivity index (χ0v) is 18.3. The second-order valence-electron chi connectivity index (χ2n) is 8.70. The molecule has 0 radical (unpaired) electrons. The van der Waals surface area contributed by atoms with Gasteiger partial charge < -0.3 is 74.7 Å². The number of hydrogen-bond donors (Lipinski definition) is 10. The lowest BCUT2D eigenvalue weighted by Gasteiger charge is -2.48. The summed E-state index contributed by atoms with van der Waals surface area (Å²) in [6.07, 6.45) is -21.8. The van der Waals surface area contributed by atoms with Crippen LogP contribution in [0, 0.1) is 5.92 Å². The minimum absolute atomic E-state index is 0.491. The molecule has 0 saturated carbocycles. The van der Waals surface area contributed by atoms with Gasteiger partial charge in [0.2, 0.25) is 0 Å². The third-order valence-corrected chi connectivity index (χ3v) is 6.49. The number of aliphatic hydroxyl groups excluding tert-OH is 10. The van der Waals surface area contributed by atoms with Crippen LogP contribution in [0.3, 0.4) is 0 Å². The minimum atomic E-state index is -1.86. The second kappa shape index (κ2) is 11.6. The van der Waals surface area contributed by atoms with Gasteiger partial charge in [0.1, 0.15) is 54.9 Å². The van der Waals surface area contributed by atoms with Gasteiger partial charge in [0.05, 0.1) is 32.0 Å². The fourth-order valence-electron chi connectivity index (χ4n) is 4.27. The minimum Gasteiger partial charge on any atom is -0.394 e. The molecule has 34 heavy (non-hydrogen) atoms. The molecular formula is C19H34O15. The van der Waals surface area contributed by atoms with E-state index < -0.39 is 112 Å². The van der Waals surface area contributed by atoms with Crippen LogP contribution < -0.4 is 0 Å². The molecule has 15 nitrogen and oxygen atoms in total. The molecule has 0 bridgehead atoms. The lowest BCUT2D eigenvalue weighted by Crippen LogP contribution is -2.66. The van der Waals surface area contributed by atoms with Gasteiger partial charge in [-0.05, 0) is 0 Å². The van der Waals surface area contributed by atoms with Crippen molar-refractivity contribution in [1.82, 2.24) is 0 Å². The zero-order valence-electron chi connectivity index (χ0n) is 18.3. The highest BCUT2D eigenvalue weighted by Gasteiger charge is 2.52. The Kier molecular flexibility index (Phi) is 9.57. The monoisotopic (exact) mass is 502 g/mol. The van der Waals surface area contributed by atoms with Gasteiger partial charge in [-0.15, -0.1) is 0 Å². The van der Waals surface area contributed by atoms with Crippen molar-refractivity contribution in [1.29, 1.82) is 0 Å². The Balaban J connectivity index is 1.72. The Morgan fingerprint density at radius 3 is 1.44 bits per heavy atom. The summed E-state index contributed by atoms with van der Waals surface area (Å²) in [5.74, 6) is -0.637. The normalized spacial score (nSPS) is 52.5. The van der Waals surface area contributed by atoms with E-state index in [0.717, 1.165) is 0 Å². The Morgan fingerprint density at radius 2 is 0.941 bits per heavy atom. The van der Waals surface area contributed by atoms with Crippen molar-refractivity contribution in [2.45, 2.75) is 92.9 Å². The van der Waals surface area contributed by atoms with Gasteiger partial charge >= 0.3 is 0 Å². The van der Waals surface area contributed by atoms with Crippen molar-refractivity contribution in [3.8, 4) is 0 Å². The topological polar surface area (TPSA) is 248 Å². The van der Waals surface area contributed by atoms with Gasteiger partial charge in [-0.3, -0.25) is 0 Å². The molecule has 10 N–H and O–H groups in total. The number of rotatable bonds is 7. The third-order valence-electron chi connectivity index (χ3n) is 6.49. The molecule has 3 heterocycles. The predicted molar refractivity (Wildman–Crippen MR) is 104 cm³/mol. The first-order valence-corrected chi connectivity index (χ1v) is 10.9. The number of hydrogen-bond acceptors (Lipinski definition) is 15. The predicted octanol–water partition coefficient (Wildman–Crippen LogP) is -6.30. The van der Waals surface area contributed by atoms with E-state index in [-0.39, 0.29) is 0 Å². The van der Waals surface area contributed by atoms with Crippen molar-refractivity contribution < 1.29 is 74.7 Å². The average molecular weight is 502 g/mol. The molecule has 3 aliphatic rings.